The van der Waals surface area contributed by atoms with Crippen LogP contribution in [0.5, 0.6) is 17.2 Å². The lowest BCUT2D eigenvalue weighted by molar-refractivity contribution is 0.475. The fourth-order valence-corrected chi connectivity index (χ4v) is 6.72. The Bertz CT molecular complexity index is 2010. The van der Waals surface area contributed by atoms with Gasteiger partial charge in [-0.15, -0.1) is 0 Å². The Hall–Kier alpha value is -4.91. The molecular formula is C32H24O9S3. The molecule has 0 saturated carbocycles. The van der Waals surface area contributed by atoms with E-state index in [1.54, 1.807) is 78.9 Å². The van der Waals surface area contributed by atoms with Gasteiger partial charge in [-0.25, -0.2) is 0 Å². The molecule has 44 heavy (non-hydrogen) atoms. The Kier molecular flexibility index (Phi) is 8.86. The molecule has 0 radical (unpaired) electrons. The van der Waals surface area contributed by atoms with E-state index in [9.17, 15) is 25.3 Å². The SMILES string of the molecule is O=S(=O)(Oc1ccc(/C=C/c2cc(OS(=O)(=O)c3ccccc3)cc(OS(=O)(=O)c3ccccc3)c2)cc1)c1ccccc1. The first kappa shape index (κ1) is 30.5. The van der Waals surface area contributed by atoms with Gasteiger partial charge in [0.25, 0.3) is 0 Å². The maximum atomic E-state index is 12.9. The largest absolute Gasteiger partial charge is 0.379 e. The summed E-state index contributed by atoms with van der Waals surface area (Å²) < 4.78 is 92.4. The Morgan fingerprint density at radius 1 is 0.364 bits per heavy atom. The lowest BCUT2D eigenvalue weighted by Crippen LogP contribution is -2.11. The summed E-state index contributed by atoms with van der Waals surface area (Å²) in [6.45, 7) is 0. The Morgan fingerprint density at radius 2 is 0.705 bits per heavy atom. The molecule has 0 aliphatic rings. The third kappa shape index (κ3) is 7.72. The van der Waals surface area contributed by atoms with Crippen LogP contribution in [-0.2, 0) is 30.4 Å². The molecule has 5 aromatic rings. The van der Waals surface area contributed by atoms with E-state index in [4.69, 9.17) is 12.5 Å². The topological polar surface area (TPSA) is 130 Å². The highest BCUT2D eigenvalue weighted by Gasteiger charge is 2.20. The smallest absolute Gasteiger partial charge is 0.339 e. The summed E-state index contributed by atoms with van der Waals surface area (Å²) in [4.78, 5) is -0.151. The van der Waals surface area contributed by atoms with Crippen molar-refractivity contribution >= 4 is 42.5 Å². The standard InChI is InChI=1S/C32H24O9S3/c33-42(34,30-10-4-1-5-11-30)39-27-20-18-25(19-21-27)16-17-26-22-28(40-43(35,36)31-12-6-2-7-13-31)24-29(23-26)41-44(37,38)32-14-8-3-9-15-32/h1-24H/b17-16+. The van der Waals surface area contributed by atoms with Crippen molar-refractivity contribution in [1.82, 2.24) is 0 Å². The maximum Gasteiger partial charge on any atom is 0.339 e. The molecule has 224 valence electrons. The van der Waals surface area contributed by atoms with Crippen molar-refractivity contribution in [3.05, 3.63) is 145 Å². The molecule has 0 amide bonds. The van der Waals surface area contributed by atoms with Gasteiger partial charge in [0.1, 0.15) is 31.9 Å². The molecule has 12 heteroatoms. The van der Waals surface area contributed by atoms with E-state index in [-0.39, 0.29) is 31.9 Å². The van der Waals surface area contributed by atoms with Crippen molar-refractivity contribution in [3.8, 4) is 17.2 Å². The van der Waals surface area contributed by atoms with E-state index in [2.05, 4.69) is 0 Å². The van der Waals surface area contributed by atoms with Crippen molar-refractivity contribution in [1.29, 1.82) is 0 Å². The van der Waals surface area contributed by atoms with Crippen molar-refractivity contribution < 1.29 is 37.8 Å². The summed E-state index contributed by atoms with van der Waals surface area (Å²) in [7, 11) is -12.5. The highest BCUT2D eigenvalue weighted by Crippen LogP contribution is 2.29. The van der Waals surface area contributed by atoms with Crippen LogP contribution in [0.25, 0.3) is 12.2 Å². The molecule has 5 aromatic carbocycles. The predicted molar refractivity (Wildman–Crippen MR) is 165 cm³/mol. The van der Waals surface area contributed by atoms with Crippen molar-refractivity contribution in [3.63, 3.8) is 0 Å². The maximum absolute atomic E-state index is 12.9. The average molecular weight is 649 g/mol. The normalized spacial score (nSPS) is 12.1. The summed E-state index contributed by atoms with van der Waals surface area (Å²) in [5, 5.41) is 0. The molecule has 9 nitrogen and oxygen atoms in total. The van der Waals surface area contributed by atoms with E-state index in [0.29, 0.717) is 11.1 Å². The van der Waals surface area contributed by atoms with Crippen LogP contribution in [-0.4, -0.2) is 25.3 Å². The minimum atomic E-state index is -4.24. The highest BCUT2D eigenvalue weighted by molar-refractivity contribution is 7.87. The first-order valence-electron chi connectivity index (χ1n) is 12.9. The van der Waals surface area contributed by atoms with Gasteiger partial charge in [-0.05, 0) is 71.8 Å². The lowest BCUT2D eigenvalue weighted by Gasteiger charge is -2.11. The van der Waals surface area contributed by atoms with Gasteiger partial charge >= 0.3 is 30.4 Å². The molecule has 5 rings (SSSR count). The second kappa shape index (κ2) is 12.8. The Morgan fingerprint density at radius 3 is 1.09 bits per heavy atom. The van der Waals surface area contributed by atoms with Gasteiger partial charge in [0, 0.05) is 6.07 Å². The fraction of sp³-hybridized carbons (Fsp3) is 0. The number of hydrogen-bond acceptors (Lipinski definition) is 9. The predicted octanol–water partition coefficient (Wildman–Crippen LogP) is 6.16. The van der Waals surface area contributed by atoms with Gasteiger partial charge in [-0.3, -0.25) is 0 Å². The first-order chi connectivity index (χ1) is 21.0. The zero-order chi connectivity index (χ0) is 31.2. The van der Waals surface area contributed by atoms with E-state index < -0.39 is 30.4 Å². The monoisotopic (exact) mass is 648 g/mol. The summed E-state index contributed by atoms with van der Waals surface area (Å²) in [6.07, 6.45) is 3.23. The van der Waals surface area contributed by atoms with Gasteiger partial charge in [-0.1, -0.05) is 78.9 Å². The quantitative estimate of drug-likeness (QED) is 0.122. The minimum absolute atomic E-state index is 0.0210. The van der Waals surface area contributed by atoms with E-state index in [1.807, 2.05) is 0 Å². The minimum Gasteiger partial charge on any atom is -0.379 e. The molecule has 0 aliphatic carbocycles. The zero-order valence-electron chi connectivity index (χ0n) is 22.8. The van der Waals surface area contributed by atoms with Gasteiger partial charge in [0.2, 0.25) is 0 Å². The van der Waals surface area contributed by atoms with Crippen LogP contribution in [0.1, 0.15) is 11.1 Å². The molecule has 0 unspecified atom stereocenters. The molecule has 0 bridgehead atoms. The molecule has 0 saturated heterocycles. The molecule has 0 spiro atoms. The first-order valence-corrected chi connectivity index (χ1v) is 17.1. The van der Waals surface area contributed by atoms with Crippen LogP contribution in [0, 0.1) is 0 Å². The summed E-state index contributed by atoms with van der Waals surface area (Å²) in [5.74, 6) is -0.248. The van der Waals surface area contributed by atoms with Crippen molar-refractivity contribution in [2.24, 2.45) is 0 Å². The summed E-state index contributed by atoms with van der Waals surface area (Å²) in [6, 6.07) is 32.9. The van der Waals surface area contributed by atoms with Crippen LogP contribution in [0.15, 0.2) is 148 Å². The van der Waals surface area contributed by atoms with E-state index in [0.717, 1.165) is 6.07 Å². The summed E-state index contributed by atoms with van der Waals surface area (Å²) in [5.41, 5.74) is 0.994. The van der Waals surface area contributed by atoms with E-state index >= 15 is 0 Å². The second-order valence-corrected chi connectivity index (χ2v) is 13.8. The third-order valence-corrected chi connectivity index (χ3v) is 9.75. The molecule has 0 N–H and O–H groups in total. The fourth-order valence-electron chi connectivity index (χ4n) is 3.90. The Labute approximate surface area is 256 Å². The van der Waals surface area contributed by atoms with Gasteiger partial charge < -0.3 is 12.5 Å². The zero-order valence-corrected chi connectivity index (χ0v) is 25.2. The molecule has 0 heterocycles. The lowest BCUT2D eigenvalue weighted by atomic mass is 10.1. The second-order valence-electron chi connectivity index (χ2n) is 9.19. The number of rotatable bonds is 11. The van der Waals surface area contributed by atoms with Gasteiger partial charge in [0.15, 0.2) is 0 Å². The molecule has 0 atom stereocenters. The molecular weight excluding hydrogens is 625 g/mol. The van der Waals surface area contributed by atoms with Crippen LogP contribution in [0.3, 0.4) is 0 Å². The van der Waals surface area contributed by atoms with Gasteiger partial charge in [0.05, 0.1) is 0 Å². The van der Waals surface area contributed by atoms with Crippen molar-refractivity contribution in [2.45, 2.75) is 14.7 Å². The third-order valence-electron chi connectivity index (χ3n) is 5.96. The van der Waals surface area contributed by atoms with Crippen molar-refractivity contribution in [2.75, 3.05) is 0 Å². The van der Waals surface area contributed by atoms with Crippen LogP contribution >= 0.6 is 0 Å². The van der Waals surface area contributed by atoms with Gasteiger partial charge in [-0.2, -0.15) is 25.3 Å². The number of benzene rings is 5. The van der Waals surface area contributed by atoms with Crippen LogP contribution < -0.4 is 12.5 Å². The summed E-state index contributed by atoms with van der Waals surface area (Å²) >= 11 is 0. The highest BCUT2D eigenvalue weighted by atomic mass is 32.2. The van der Waals surface area contributed by atoms with Crippen LogP contribution in [0.4, 0.5) is 0 Å². The average Bonchev–Trinajstić information content (AvgIpc) is 3.01. The van der Waals surface area contributed by atoms with Crippen LogP contribution in [0.2, 0.25) is 0 Å². The molecule has 0 fully saturated rings. The molecule has 0 aliphatic heterocycles. The Balaban J connectivity index is 1.42. The number of hydrogen-bond donors (Lipinski definition) is 0. The molecule has 0 aromatic heterocycles. The van der Waals surface area contributed by atoms with E-state index in [1.165, 1.54) is 60.7 Å².